The zero-order valence-electron chi connectivity index (χ0n) is 23.0. The smallest absolute Gasteiger partial charge is 0.116 e. The standard InChI is InChI=1S/C36H34N4S/c1-25-11-9-10-18-38-31(22-28-13-4-3-12-27(28)19-25)23-35-32(24-37)39-36(20-26(2)41-35)40-33-16-7-5-14-29(33)21-30-15-6-8-17-34(30)40/h3-18,20,23-24,31,38-39H,1-2,19,21-22,37H2/b11-9-,18-10-,32-24+,35-23+. The molecule has 3 aromatic carbocycles. The van der Waals surface area contributed by atoms with E-state index in [0.29, 0.717) is 0 Å². The molecule has 5 heteroatoms. The quantitative estimate of drug-likeness (QED) is 0.307. The van der Waals surface area contributed by atoms with E-state index < -0.39 is 0 Å². The second-order valence-corrected chi connectivity index (χ2v) is 11.6. The van der Waals surface area contributed by atoms with Crippen LogP contribution in [0.3, 0.4) is 0 Å². The van der Waals surface area contributed by atoms with Gasteiger partial charge in [-0.1, -0.05) is 103 Å². The zero-order valence-corrected chi connectivity index (χ0v) is 23.8. The fraction of sp³-hybridized carbons (Fsp3) is 0.111. The van der Waals surface area contributed by atoms with Gasteiger partial charge in [-0.25, -0.2) is 0 Å². The molecule has 4 nitrogen and oxygen atoms in total. The number of anilines is 2. The van der Waals surface area contributed by atoms with Crippen molar-refractivity contribution in [2.45, 2.75) is 25.3 Å². The van der Waals surface area contributed by atoms with E-state index in [-0.39, 0.29) is 6.04 Å². The molecule has 41 heavy (non-hydrogen) atoms. The van der Waals surface area contributed by atoms with E-state index in [2.05, 4.69) is 120 Å². The number of allylic oxidation sites excluding steroid dienone is 5. The van der Waals surface area contributed by atoms with Gasteiger partial charge in [0.2, 0.25) is 0 Å². The third kappa shape index (κ3) is 5.81. The molecule has 0 spiro atoms. The summed E-state index contributed by atoms with van der Waals surface area (Å²) >= 11 is 1.63. The largest absolute Gasteiger partial charge is 0.403 e. The van der Waals surface area contributed by atoms with Gasteiger partial charge in [-0.05, 0) is 71.7 Å². The van der Waals surface area contributed by atoms with Gasteiger partial charge in [0.1, 0.15) is 5.82 Å². The molecule has 0 fully saturated rings. The number of thioether (sulfide) groups is 1. The molecular formula is C36H34N4S. The predicted molar refractivity (Wildman–Crippen MR) is 174 cm³/mol. The Morgan fingerprint density at radius 2 is 1.49 bits per heavy atom. The Kier molecular flexibility index (Phi) is 7.70. The molecule has 3 aliphatic rings. The first-order valence-electron chi connectivity index (χ1n) is 13.9. The van der Waals surface area contributed by atoms with E-state index in [9.17, 15) is 0 Å². The average Bonchev–Trinajstić information content (AvgIpc) is 3.15. The lowest BCUT2D eigenvalue weighted by Gasteiger charge is -2.35. The fourth-order valence-corrected chi connectivity index (χ4v) is 6.49. The van der Waals surface area contributed by atoms with Crippen LogP contribution in [-0.4, -0.2) is 6.04 Å². The number of nitrogens with two attached hydrogens (primary N) is 1. The highest BCUT2D eigenvalue weighted by Crippen LogP contribution is 2.43. The monoisotopic (exact) mass is 554 g/mol. The molecule has 0 saturated heterocycles. The molecule has 1 unspecified atom stereocenters. The molecular weight excluding hydrogens is 520 g/mol. The minimum Gasteiger partial charge on any atom is -0.403 e. The van der Waals surface area contributed by atoms with Crippen LogP contribution in [0, 0.1) is 0 Å². The van der Waals surface area contributed by atoms with Crippen molar-refractivity contribution in [3.8, 4) is 0 Å². The van der Waals surface area contributed by atoms with Gasteiger partial charge in [0.15, 0.2) is 0 Å². The summed E-state index contributed by atoms with van der Waals surface area (Å²) in [5, 5.41) is 7.27. The number of para-hydroxylation sites is 2. The number of fused-ring (bicyclic) bond motifs is 3. The van der Waals surface area contributed by atoms with Crippen LogP contribution in [0.5, 0.6) is 0 Å². The normalized spacial score (nSPS) is 22.2. The molecule has 3 aromatic rings. The molecule has 0 bridgehead atoms. The Morgan fingerprint density at radius 3 is 2.20 bits per heavy atom. The number of hydrogen-bond acceptors (Lipinski definition) is 5. The van der Waals surface area contributed by atoms with Crippen LogP contribution in [0.15, 0.2) is 156 Å². The SMILES string of the molecule is C=C1/C=C\C=C/NC(/C=C2/SC(=C)C=C(N3c4ccccc4Cc4ccccc43)N/C2=C/N)Cc2ccccc2C1. The Hall–Kier alpha value is -4.61. The van der Waals surface area contributed by atoms with Gasteiger partial charge in [0, 0.05) is 28.5 Å². The summed E-state index contributed by atoms with van der Waals surface area (Å²) in [5.41, 5.74) is 15.7. The Morgan fingerprint density at radius 1 is 0.829 bits per heavy atom. The Balaban J connectivity index is 1.35. The third-order valence-electron chi connectivity index (χ3n) is 7.50. The van der Waals surface area contributed by atoms with Gasteiger partial charge < -0.3 is 16.4 Å². The summed E-state index contributed by atoms with van der Waals surface area (Å²) in [6.07, 6.45) is 16.7. The Labute approximate surface area is 247 Å². The predicted octanol–water partition coefficient (Wildman–Crippen LogP) is 7.49. The van der Waals surface area contributed by atoms with Crippen LogP contribution in [0.1, 0.15) is 22.3 Å². The number of benzene rings is 3. The van der Waals surface area contributed by atoms with Crippen LogP contribution < -0.4 is 21.3 Å². The lowest BCUT2D eigenvalue weighted by molar-refractivity contribution is 0.690. The topological polar surface area (TPSA) is 53.3 Å². The number of nitrogens with zero attached hydrogens (tertiary/aromatic N) is 1. The van der Waals surface area contributed by atoms with Crippen LogP contribution >= 0.6 is 11.8 Å². The number of nitrogens with one attached hydrogen (secondary N) is 2. The van der Waals surface area contributed by atoms with Gasteiger partial charge in [-0.3, -0.25) is 4.90 Å². The van der Waals surface area contributed by atoms with Crippen LogP contribution in [0.25, 0.3) is 0 Å². The summed E-state index contributed by atoms with van der Waals surface area (Å²) in [6.45, 7) is 8.66. The lowest BCUT2D eigenvalue weighted by Crippen LogP contribution is -2.31. The van der Waals surface area contributed by atoms with Crippen molar-refractivity contribution in [1.29, 1.82) is 0 Å². The molecule has 4 N–H and O–H groups in total. The number of hydrogen-bond donors (Lipinski definition) is 3. The molecule has 3 heterocycles. The van der Waals surface area contributed by atoms with Gasteiger partial charge in [0.25, 0.3) is 0 Å². The van der Waals surface area contributed by atoms with E-state index in [4.69, 9.17) is 5.73 Å². The maximum atomic E-state index is 6.30. The summed E-state index contributed by atoms with van der Waals surface area (Å²) in [5.74, 6) is 0.923. The van der Waals surface area contributed by atoms with Crippen molar-refractivity contribution >= 4 is 23.1 Å². The first kappa shape index (κ1) is 26.6. The van der Waals surface area contributed by atoms with E-state index >= 15 is 0 Å². The first-order chi connectivity index (χ1) is 20.1. The average molecular weight is 555 g/mol. The molecule has 3 aliphatic heterocycles. The van der Waals surface area contributed by atoms with E-state index in [0.717, 1.165) is 57.5 Å². The fourth-order valence-electron chi connectivity index (χ4n) is 5.58. The van der Waals surface area contributed by atoms with Crippen molar-refractivity contribution < 1.29 is 0 Å². The van der Waals surface area contributed by atoms with Gasteiger partial charge in [-0.2, -0.15) is 0 Å². The zero-order chi connectivity index (χ0) is 28.2. The van der Waals surface area contributed by atoms with E-state index in [1.54, 1.807) is 18.0 Å². The second kappa shape index (κ2) is 11.9. The Bertz CT molecular complexity index is 1610. The minimum absolute atomic E-state index is 0.0391. The maximum Gasteiger partial charge on any atom is 0.116 e. The molecule has 204 valence electrons. The van der Waals surface area contributed by atoms with Crippen molar-refractivity contribution in [2.75, 3.05) is 4.90 Å². The van der Waals surface area contributed by atoms with Gasteiger partial charge >= 0.3 is 0 Å². The van der Waals surface area contributed by atoms with Crippen molar-refractivity contribution in [1.82, 2.24) is 10.6 Å². The summed E-state index contributed by atoms with van der Waals surface area (Å²) in [6, 6.07) is 25.8. The maximum absolute atomic E-state index is 6.30. The van der Waals surface area contributed by atoms with Crippen LogP contribution in [0.4, 0.5) is 11.4 Å². The highest BCUT2D eigenvalue weighted by molar-refractivity contribution is 8.07. The van der Waals surface area contributed by atoms with E-state index in [1.807, 2.05) is 18.4 Å². The van der Waals surface area contributed by atoms with Crippen molar-refractivity contribution in [2.24, 2.45) is 5.73 Å². The van der Waals surface area contributed by atoms with Crippen LogP contribution in [-0.2, 0) is 19.3 Å². The van der Waals surface area contributed by atoms with E-state index in [1.165, 1.54) is 22.3 Å². The van der Waals surface area contributed by atoms with Crippen LogP contribution in [0.2, 0.25) is 0 Å². The van der Waals surface area contributed by atoms with Crippen molar-refractivity contribution in [3.05, 3.63) is 178 Å². The second-order valence-electron chi connectivity index (χ2n) is 10.4. The first-order valence-corrected chi connectivity index (χ1v) is 14.7. The van der Waals surface area contributed by atoms with Gasteiger partial charge in [-0.15, -0.1) is 0 Å². The summed E-state index contributed by atoms with van der Waals surface area (Å²) in [4.78, 5) is 4.25. The minimum atomic E-state index is 0.0391. The molecule has 0 aromatic heterocycles. The number of rotatable bonds is 2. The van der Waals surface area contributed by atoms with Crippen molar-refractivity contribution in [3.63, 3.8) is 0 Å². The molecule has 0 radical (unpaired) electrons. The lowest BCUT2D eigenvalue weighted by atomic mass is 9.95. The molecule has 0 amide bonds. The molecule has 0 aliphatic carbocycles. The molecule has 0 saturated carbocycles. The molecule has 1 atom stereocenters. The summed E-state index contributed by atoms with van der Waals surface area (Å²) in [7, 11) is 0. The molecule has 6 rings (SSSR count). The third-order valence-corrected chi connectivity index (χ3v) is 8.45. The van der Waals surface area contributed by atoms with Gasteiger partial charge in [0.05, 0.1) is 17.1 Å². The highest BCUT2D eigenvalue weighted by atomic mass is 32.2. The summed E-state index contributed by atoms with van der Waals surface area (Å²) < 4.78 is 0. The highest BCUT2D eigenvalue weighted by Gasteiger charge is 2.27.